The molecule has 0 spiro atoms. The van der Waals surface area contributed by atoms with Gasteiger partial charge in [-0.1, -0.05) is 19.8 Å². The van der Waals surface area contributed by atoms with Gasteiger partial charge in [-0.2, -0.15) is 0 Å². The second-order valence-electron chi connectivity index (χ2n) is 5.33. The van der Waals surface area contributed by atoms with E-state index in [4.69, 9.17) is 4.74 Å². The highest BCUT2D eigenvalue weighted by atomic mass is 16.6. The van der Waals surface area contributed by atoms with Crippen molar-refractivity contribution in [2.24, 2.45) is 0 Å². The molecule has 1 aromatic carbocycles. The van der Waals surface area contributed by atoms with Crippen LogP contribution in [-0.4, -0.2) is 17.1 Å². The molecule has 5 heteroatoms. The molecule has 0 radical (unpaired) electrons. The maximum absolute atomic E-state index is 11.0. The molecule has 0 saturated heterocycles. The molecule has 0 bridgehead atoms. The molecular weight excluding hydrogens is 256 g/mol. The van der Waals surface area contributed by atoms with Crippen LogP contribution in [0.5, 0.6) is 5.75 Å². The van der Waals surface area contributed by atoms with Crippen LogP contribution >= 0.6 is 0 Å². The van der Waals surface area contributed by atoms with Crippen molar-refractivity contribution in [2.75, 3.05) is 5.32 Å². The lowest BCUT2D eigenvalue weighted by Gasteiger charge is -2.16. The molecule has 0 aliphatic heterocycles. The summed E-state index contributed by atoms with van der Waals surface area (Å²) in [6.45, 7) is 8.03. The van der Waals surface area contributed by atoms with E-state index in [-0.39, 0.29) is 17.8 Å². The fourth-order valence-electron chi connectivity index (χ4n) is 1.98. The molecule has 0 aliphatic carbocycles. The Kier molecular flexibility index (Phi) is 6.28. The largest absolute Gasteiger partial charge is 0.491 e. The van der Waals surface area contributed by atoms with Gasteiger partial charge in [-0.15, -0.1) is 0 Å². The number of nitrogens with one attached hydrogen (secondary N) is 1. The summed E-state index contributed by atoms with van der Waals surface area (Å²) < 4.78 is 5.56. The molecule has 1 unspecified atom stereocenters. The normalized spacial score (nSPS) is 12.2. The minimum Gasteiger partial charge on any atom is -0.491 e. The number of nitrogens with zero attached hydrogens (tertiary/aromatic N) is 1. The summed E-state index contributed by atoms with van der Waals surface area (Å²) in [6, 6.07) is 5.11. The third-order valence-corrected chi connectivity index (χ3v) is 2.88. The van der Waals surface area contributed by atoms with E-state index in [1.807, 2.05) is 19.9 Å². The van der Waals surface area contributed by atoms with Crippen LogP contribution in [-0.2, 0) is 0 Å². The molecule has 1 atom stereocenters. The first-order valence-corrected chi connectivity index (χ1v) is 7.15. The molecule has 0 amide bonds. The zero-order valence-corrected chi connectivity index (χ0v) is 12.7. The van der Waals surface area contributed by atoms with Gasteiger partial charge in [-0.3, -0.25) is 10.1 Å². The highest BCUT2D eigenvalue weighted by Gasteiger charge is 2.12. The zero-order valence-electron chi connectivity index (χ0n) is 12.7. The number of benzene rings is 1. The monoisotopic (exact) mass is 280 g/mol. The summed E-state index contributed by atoms with van der Waals surface area (Å²) in [5.41, 5.74) is 0.784. The van der Waals surface area contributed by atoms with Gasteiger partial charge >= 0.3 is 0 Å². The van der Waals surface area contributed by atoms with Gasteiger partial charge in [0.2, 0.25) is 0 Å². The Morgan fingerprint density at radius 3 is 2.55 bits per heavy atom. The average molecular weight is 280 g/mol. The summed E-state index contributed by atoms with van der Waals surface area (Å²) in [6.07, 6.45) is 3.31. The predicted octanol–water partition coefficient (Wildman–Crippen LogP) is 4.37. The van der Waals surface area contributed by atoms with Gasteiger partial charge in [0.25, 0.3) is 5.69 Å². The van der Waals surface area contributed by atoms with E-state index in [9.17, 15) is 10.1 Å². The number of non-ortho nitro benzene ring substituents is 1. The van der Waals surface area contributed by atoms with Crippen LogP contribution in [0.3, 0.4) is 0 Å². The van der Waals surface area contributed by atoms with Crippen LogP contribution in [0.2, 0.25) is 0 Å². The summed E-state index contributed by atoms with van der Waals surface area (Å²) in [5, 5.41) is 14.3. The van der Waals surface area contributed by atoms with E-state index >= 15 is 0 Å². The first kappa shape index (κ1) is 16.3. The third kappa shape index (κ3) is 5.47. The summed E-state index contributed by atoms with van der Waals surface area (Å²) in [5.74, 6) is 0.527. The van der Waals surface area contributed by atoms with E-state index in [0.717, 1.165) is 24.9 Å². The quantitative estimate of drug-likeness (QED) is 0.567. The van der Waals surface area contributed by atoms with Crippen molar-refractivity contribution >= 4 is 11.4 Å². The second kappa shape index (κ2) is 7.72. The Labute approximate surface area is 120 Å². The molecule has 5 nitrogen and oxygen atoms in total. The average Bonchev–Trinajstić information content (AvgIpc) is 2.35. The molecule has 0 fully saturated rings. The summed E-state index contributed by atoms with van der Waals surface area (Å²) >= 11 is 0. The van der Waals surface area contributed by atoms with Crippen molar-refractivity contribution in [2.45, 2.75) is 59.1 Å². The number of ether oxygens (including phenoxy) is 1. The van der Waals surface area contributed by atoms with Crippen LogP contribution in [0.25, 0.3) is 0 Å². The molecular formula is C15H24N2O3. The Hall–Kier alpha value is -1.78. The number of rotatable bonds is 8. The topological polar surface area (TPSA) is 64.4 Å². The Bertz CT molecular complexity index is 447. The highest BCUT2D eigenvalue weighted by molar-refractivity contribution is 5.56. The number of nitro groups is 1. The van der Waals surface area contributed by atoms with Crippen molar-refractivity contribution in [3.8, 4) is 5.75 Å². The van der Waals surface area contributed by atoms with E-state index in [2.05, 4.69) is 19.2 Å². The highest BCUT2D eigenvalue weighted by Crippen LogP contribution is 2.27. The first-order valence-electron chi connectivity index (χ1n) is 7.15. The Morgan fingerprint density at radius 2 is 2.00 bits per heavy atom. The molecule has 0 aliphatic rings. The van der Waals surface area contributed by atoms with Gasteiger partial charge in [0.05, 0.1) is 17.1 Å². The Morgan fingerprint density at radius 1 is 1.30 bits per heavy atom. The van der Waals surface area contributed by atoms with Gasteiger partial charge in [0, 0.05) is 23.9 Å². The summed E-state index contributed by atoms with van der Waals surface area (Å²) in [7, 11) is 0. The van der Waals surface area contributed by atoms with Crippen molar-refractivity contribution in [3.63, 3.8) is 0 Å². The second-order valence-corrected chi connectivity index (χ2v) is 5.33. The van der Waals surface area contributed by atoms with Gasteiger partial charge in [-0.05, 0) is 27.2 Å². The first-order chi connectivity index (χ1) is 9.42. The van der Waals surface area contributed by atoms with E-state index in [0.29, 0.717) is 5.75 Å². The number of hydrogen-bond acceptors (Lipinski definition) is 4. The Balaban J connectivity index is 2.88. The molecule has 20 heavy (non-hydrogen) atoms. The lowest BCUT2D eigenvalue weighted by Crippen LogP contribution is -2.15. The van der Waals surface area contributed by atoms with Crippen molar-refractivity contribution in [3.05, 3.63) is 28.3 Å². The maximum atomic E-state index is 11.0. The minimum absolute atomic E-state index is 0.0117. The van der Waals surface area contributed by atoms with E-state index in [1.54, 1.807) is 6.07 Å². The fourth-order valence-corrected chi connectivity index (χ4v) is 1.98. The van der Waals surface area contributed by atoms with Crippen LogP contribution in [0.15, 0.2) is 18.2 Å². The van der Waals surface area contributed by atoms with E-state index < -0.39 is 4.92 Å². The van der Waals surface area contributed by atoms with Gasteiger partial charge in [0.15, 0.2) is 0 Å². The maximum Gasteiger partial charge on any atom is 0.275 e. The smallest absolute Gasteiger partial charge is 0.275 e. The number of unbranched alkanes of at least 4 members (excludes halogenated alkanes) is 1. The fraction of sp³-hybridized carbons (Fsp3) is 0.600. The van der Waals surface area contributed by atoms with Crippen LogP contribution < -0.4 is 10.1 Å². The molecule has 1 N–H and O–H groups in total. The molecule has 0 heterocycles. The zero-order chi connectivity index (χ0) is 15.1. The molecule has 0 saturated carbocycles. The summed E-state index contributed by atoms with van der Waals surface area (Å²) in [4.78, 5) is 10.6. The van der Waals surface area contributed by atoms with Crippen molar-refractivity contribution in [1.82, 2.24) is 0 Å². The molecule has 1 aromatic rings. The molecule has 1 rings (SSSR count). The van der Waals surface area contributed by atoms with Gasteiger partial charge in [0.1, 0.15) is 5.75 Å². The molecule has 112 valence electrons. The third-order valence-electron chi connectivity index (χ3n) is 2.88. The SMILES string of the molecule is CCCCC(C)Nc1cc(OC(C)C)cc([N+](=O)[O-])c1. The van der Waals surface area contributed by atoms with Gasteiger partial charge < -0.3 is 10.1 Å². The van der Waals surface area contributed by atoms with Crippen LogP contribution in [0.4, 0.5) is 11.4 Å². The lowest BCUT2D eigenvalue weighted by molar-refractivity contribution is -0.384. The number of nitro benzene ring substituents is 1. The number of anilines is 1. The van der Waals surface area contributed by atoms with Gasteiger partial charge in [-0.25, -0.2) is 0 Å². The van der Waals surface area contributed by atoms with Crippen LogP contribution in [0, 0.1) is 10.1 Å². The van der Waals surface area contributed by atoms with Crippen molar-refractivity contribution < 1.29 is 9.66 Å². The standard InChI is InChI=1S/C15H24N2O3/c1-5-6-7-12(4)16-13-8-14(17(18)19)10-15(9-13)20-11(2)3/h8-12,16H,5-7H2,1-4H3. The predicted molar refractivity (Wildman–Crippen MR) is 81.5 cm³/mol. The lowest BCUT2D eigenvalue weighted by atomic mass is 10.1. The number of hydrogen-bond donors (Lipinski definition) is 1. The van der Waals surface area contributed by atoms with E-state index in [1.165, 1.54) is 6.07 Å². The van der Waals surface area contributed by atoms with Crippen LogP contribution in [0.1, 0.15) is 47.0 Å². The van der Waals surface area contributed by atoms with Crippen molar-refractivity contribution in [1.29, 1.82) is 0 Å². The molecule has 0 aromatic heterocycles. The minimum atomic E-state index is -0.394.